The zero-order valence-corrected chi connectivity index (χ0v) is 12.6. The van der Waals surface area contributed by atoms with Crippen LogP contribution in [0.2, 0.25) is 0 Å². The molecular weight excluding hydrogens is 309 g/mol. The van der Waals surface area contributed by atoms with Gasteiger partial charge in [-0.15, -0.1) is 0 Å². The maximum atomic E-state index is 13.7. The van der Waals surface area contributed by atoms with Crippen molar-refractivity contribution in [2.24, 2.45) is 0 Å². The SMILES string of the molecule is O=C(Nc1ccnn1-c1ccccc1)C1Cc2cccc(F)c2O1. The predicted octanol–water partition coefficient (Wildman–Crippen LogP) is 2.95. The van der Waals surface area contributed by atoms with Gasteiger partial charge in [-0.3, -0.25) is 4.79 Å². The van der Waals surface area contributed by atoms with Crippen LogP contribution in [-0.4, -0.2) is 21.8 Å². The van der Waals surface area contributed by atoms with E-state index in [-0.39, 0.29) is 11.7 Å². The third-order valence-corrected chi connectivity index (χ3v) is 3.90. The van der Waals surface area contributed by atoms with Gasteiger partial charge in [0.05, 0.1) is 11.9 Å². The van der Waals surface area contributed by atoms with Gasteiger partial charge in [-0.1, -0.05) is 30.3 Å². The number of halogens is 1. The van der Waals surface area contributed by atoms with Gasteiger partial charge in [0.15, 0.2) is 17.7 Å². The summed E-state index contributed by atoms with van der Waals surface area (Å²) in [5.41, 5.74) is 1.53. The number of hydrogen-bond acceptors (Lipinski definition) is 3. The molecule has 0 saturated heterocycles. The lowest BCUT2D eigenvalue weighted by Crippen LogP contribution is -2.32. The van der Waals surface area contributed by atoms with Crippen molar-refractivity contribution in [2.75, 3.05) is 5.32 Å². The van der Waals surface area contributed by atoms with Crippen molar-refractivity contribution in [3.63, 3.8) is 0 Å². The van der Waals surface area contributed by atoms with Crippen LogP contribution in [0.5, 0.6) is 5.75 Å². The van der Waals surface area contributed by atoms with E-state index in [4.69, 9.17) is 4.74 Å². The Morgan fingerprint density at radius 1 is 1.17 bits per heavy atom. The number of aromatic nitrogens is 2. The Morgan fingerprint density at radius 3 is 2.79 bits per heavy atom. The Morgan fingerprint density at radius 2 is 2.00 bits per heavy atom. The highest BCUT2D eigenvalue weighted by Gasteiger charge is 2.31. The topological polar surface area (TPSA) is 56.2 Å². The van der Waals surface area contributed by atoms with Crippen LogP contribution in [-0.2, 0) is 11.2 Å². The third-order valence-electron chi connectivity index (χ3n) is 3.90. The number of anilines is 1. The first-order valence-electron chi connectivity index (χ1n) is 7.57. The van der Waals surface area contributed by atoms with Crippen LogP contribution >= 0.6 is 0 Å². The van der Waals surface area contributed by atoms with Crippen molar-refractivity contribution in [2.45, 2.75) is 12.5 Å². The molecule has 1 amide bonds. The van der Waals surface area contributed by atoms with Gasteiger partial charge in [0, 0.05) is 18.1 Å². The highest BCUT2D eigenvalue weighted by Crippen LogP contribution is 2.31. The van der Waals surface area contributed by atoms with E-state index in [1.165, 1.54) is 6.07 Å². The summed E-state index contributed by atoms with van der Waals surface area (Å²) in [6.45, 7) is 0. The van der Waals surface area contributed by atoms with E-state index in [0.717, 1.165) is 5.69 Å². The normalized spacial score (nSPS) is 15.6. The molecule has 3 aromatic rings. The van der Waals surface area contributed by atoms with Crippen LogP contribution in [0.3, 0.4) is 0 Å². The van der Waals surface area contributed by atoms with Crippen molar-refractivity contribution in [3.05, 3.63) is 72.2 Å². The Hall–Kier alpha value is -3.15. The number of fused-ring (bicyclic) bond motifs is 1. The van der Waals surface area contributed by atoms with Crippen molar-refractivity contribution in [1.82, 2.24) is 9.78 Å². The van der Waals surface area contributed by atoms with Gasteiger partial charge < -0.3 is 10.1 Å². The molecule has 120 valence electrons. The smallest absolute Gasteiger partial charge is 0.266 e. The number of para-hydroxylation sites is 2. The van der Waals surface area contributed by atoms with Crippen molar-refractivity contribution in [3.8, 4) is 11.4 Å². The van der Waals surface area contributed by atoms with Crippen LogP contribution in [0, 0.1) is 5.82 Å². The number of carbonyl (C=O) groups is 1. The lowest BCUT2D eigenvalue weighted by Gasteiger charge is -2.13. The van der Waals surface area contributed by atoms with Gasteiger partial charge in [-0.25, -0.2) is 9.07 Å². The lowest BCUT2D eigenvalue weighted by molar-refractivity contribution is -0.122. The first-order chi connectivity index (χ1) is 11.7. The summed E-state index contributed by atoms with van der Waals surface area (Å²) in [4.78, 5) is 12.5. The fourth-order valence-corrected chi connectivity index (χ4v) is 2.76. The Bertz CT molecular complexity index is 892. The van der Waals surface area contributed by atoms with E-state index < -0.39 is 11.9 Å². The van der Waals surface area contributed by atoms with E-state index >= 15 is 0 Å². The maximum absolute atomic E-state index is 13.7. The summed E-state index contributed by atoms with van der Waals surface area (Å²) in [7, 11) is 0. The molecule has 2 heterocycles. The average Bonchev–Trinajstić information content (AvgIpc) is 3.23. The van der Waals surface area contributed by atoms with E-state index in [1.807, 2.05) is 30.3 Å². The highest BCUT2D eigenvalue weighted by atomic mass is 19.1. The van der Waals surface area contributed by atoms with Crippen LogP contribution in [0.15, 0.2) is 60.8 Å². The number of ether oxygens (including phenoxy) is 1. The lowest BCUT2D eigenvalue weighted by atomic mass is 10.1. The second-order valence-electron chi connectivity index (χ2n) is 5.49. The number of hydrogen-bond donors (Lipinski definition) is 1. The van der Waals surface area contributed by atoms with Crippen LogP contribution in [0.1, 0.15) is 5.56 Å². The summed E-state index contributed by atoms with van der Waals surface area (Å²) in [5, 5.41) is 7.02. The Balaban J connectivity index is 1.53. The number of nitrogens with zero attached hydrogens (tertiary/aromatic N) is 2. The summed E-state index contributed by atoms with van der Waals surface area (Å²) in [6.07, 6.45) is 1.20. The van der Waals surface area contributed by atoms with E-state index in [2.05, 4.69) is 10.4 Å². The van der Waals surface area contributed by atoms with Gasteiger partial charge in [0.2, 0.25) is 0 Å². The third kappa shape index (κ3) is 2.52. The van der Waals surface area contributed by atoms with E-state index in [9.17, 15) is 9.18 Å². The zero-order chi connectivity index (χ0) is 16.5. The quantitative estimate of drug-likeness (QED) is 0.806. The first-order valence-corrected chi connectivity index (χ1v) is 7.57. The first kappa shape index (κ1) is 14.4. The van der Waals surface area contributed by atoms with Gasteiger partial charge >= 0.3 is 0 Å². The van der Waals surface area contributed by atoms with Gasteiger partial charge in [-0.2, -0.15) is 5.10 Å². The summed E-state index contributed by atoms with van der Waals surface area (Å²) < 4.78 is 20.8. The van der Waals surface area contributed by atoms with Crippen LogP contribution < -0.4 is 10.1 Å². The van der Waals surface area contributed by atoms with Crippen molar-refractivity contribution < 1.29 is 13.9 Å². The monoisotopic (exact) mass is 323 g/mol. The molecule has 4 rings (SSSR count). The average molecular weight is 323 g/mol. The molecule has 0 bridgehead atoms. The number of rotatable bonds is 3. The molecule has 1 aliphatic rings. The molecule has 0 spiro atoms. The second-order valence-corrected chi connectivity index (χ2v) is 5.49. The van der Waals surface area contributed by atoms with Gasteiger partial charge in [0.1, 0.15) is 5.82 Å². The summed E-state index contributed by atoms with van der Waals surface area (Å²) >= 11 is 0. The molecule has 1 aromatic heterocycles. The fraction of sp³-hybridized carbons (Fsp3) is 0.111. The number of nitrogens with one attached hydrogen (secondary N) is 1. The van der Waals surface area contributed by atoms with Crippen LogP contribution in [0.4, 0.5) is 10.2 Å². The molecule has 1 atom stereocenters. The standard InChI is InChI=1S/C18H14FN3O2/c19-14-8-4-5-12-11-15(24-17(12)14)18(23)21-16-9-10-20-22(16)13-6-2-1-3-7-13/h1-10,15H,11H2,(H,21,23). The molecule has 0 fully saturated rings. The molecule has 5 nitrogen and oxygen atoms in total. The number of carbonyl (C=O) groups excluding carboxylic acids is 1. The largest absolute Gasteiger partial charge is 0.477 e. The van der Waals surface area contributed by atoms with E-state index in [0.29, 0.717) is 17.8 Å². The Labute approximate surface area is 137 Å². The molecular formula is C18H14FN3O2. The van der Waals surface area contributed by atoms with Crippen LogP contribution in [0.25, 0.3) is 5.69 Å². The summed E-state index contributed by atoms with van der Waals surface area (Å²) in [6, 6.07) is 15.9. The zero-order valence-electron chi connectivity index (χ0n) is 12.6. The molecule has 1 unspecified atom stereocenters. The highest BCUT2D eigenvalue weighted by molar-refractivity contribution is 5.94. The molecule has 1 aliphatic heterocycles. The van der Waals surface area contributed by atoms with Crippen molar-refractivity contribution in [1.29, 1.82) is 0 Å². The molecule has 24 heavy (non-hydrogen) atoms. The second kappa shape index (κ2) is 5.81. The minimum Gasteiger partial charge on any atom is -0.477 e. The van der Waals surface area contributed by atoms with Gasteiger partial charge in [0.25, 0.3) is 5.91 Å². The molecule has 0 saturated carbocycles. The maximum Gasteiger partial charge on any atom is 0.266 e. The number of amides is 1. The summed E-state index contributed by atoms with van der Waals surface area (Å²) in [5.74, 6) is -0.0825. The molecule has 0 radical (unpaired) electrons. The van der Waals surface area contributed by atoms with E-state index in [1.54, 1.807) is 29.1 Å². The molecule has 0 aliphatic carbocycles. The van der Waals surface area contributed by atoms with Gasteiger partial charge in [-0.05, 0) is 18.2 Å². The number of benzene rings is 2. The predicted molar refractivity (Wildman–Crippen MR) is 86.7 cm³/mol. The molecule has 2 aromatic carbocycles. The fourth-order valence-electron chi connectivity index (χ4n) is 2.76. The molecule has 6 heteroatoms. The minimum absolute atomic E-state index is 0.161. The minimum atomic E-state index is -0.754. The Kier molecular flexibility index (Phi) is 3.49. The molecule has 1 N–H and O–H groups in total. The van der Waals surface area contributed by atoms with Crippen molar-refractivity contribution >= 4 is 11.7 Å².